The molecule has 100 valence electrons. The molecule has 0 bridgehead atoms. The van der Waals surface area contributed by atoms with E-state index in [0.717, 1.165) is 15.6 Å². The van der Waals surface area contributed by atoms with Crippen LogP contribution < -0.4 is 4.74 Å². The molecule has 0 amide bonds. The summed E-state index contributed by atoms with van der Waals surface area (Å²) in [6.07, 6.45) is -0.507. The van der Waals surface area contributed by atoms with Gasteiger partial charge < -0.3 is 9.84 Å². The fourth-order valence-corrected chi connectivity index (χ4v) is 2.30. The van der Waals surface area contributed by atoms with Crippen LogP contribution in [0.1, 0.15) is 24.2 Å². The Bertz CT molecular complexity index is 597. The Kier molecular flexibility index (Phi) is 4.50. The normalized spacial score (nSPS) is 12.3. The molecule has 0 aliphatic heterocycles. The number of aliphatic hydroxyl groups is 1. The zero-order chi connectivity index (χ0) is 14.0. The van der Waals surface area contributed by atoms with Crippen molar-refractivity contribution in [2.75, 3.05) is 0 Å². The van der Waals surface area contributed by atoms with Gasteiger partial charge in [-0.1, -0.05) is 23.7 Å². The van der Waals surface area contributed by atoms with Gasteiger partial charge in [0.2, 0.25) is 0 Å². The van der Waals surface area contributed by atoms with E-state index in [1.165, 1.54) is 0 Å². The minimum Gasteiger partial charge on any atom is -0.455 e. The first-order valence-corrected chi connectivity index (χ1v) is 7.06. The van der Waals surface area contributed by atoms with Gasteiger partial charge in [0.15, 0.2) is 0 Å². The van der Waals surface area contributed by atoms with Gasteiger partial charge in [-0.05, 0) is 65.2 Å². The maximum atomic E-state index is 9.53. The van der Waals surface area contributed by atoms with Crippen molar-refractivity contribution in [3.05, 3.63) is 57.0 Å². The predicted octanol–water partition coefficient (Wildman–Crippen LogP) is 5.26. The van der Waals surface area contributed by atoms with Gasteiger partial charge in [-0.25, -0.2) is 0 Å². The van der Waals surface area contributed by atoms with E-state index in [0.29, 0.717) is 16.5 Å². The highest BCUT2D eigenvalue weighted by molar-refractivity contribution is 9.10. The molecule has 2 aromatic carbocycles. The van der Waals surface area contributed by atoms with E-state index in [2.05, 4.69) is 15.9 Å². The minimum absolute atomic E-state index is 0.507. The summed E-state index contributed by atoms with van der Waals surface area (Å²) in [5.74, 6) is 1.28. The quantitative estimate of drug-likeness (QED) is 0.825. The Morgan fingerprint density at radius 2 is 1.89 bits per heavy atom. The molecule has 2 rings (SSSR count). The molecular formula is C15H14BrClO2. The topological polar surface area (TPSA) is 29.5 Å². The second-order valence-corrected chi connectivity index (χ2v) is 5.66. The number of aryl methyl sites for hydroxylation is 1. The monoisotopic (exact) mass is 340 g/mol. The van der Waals surface area contributed by atoms with E-state index in [9.17, 15) is 5.11 Å². The summed E-state index contributed by atoms with van der Waals surface area (Å²) in [6.45, 7) is 3.70. The van der Waals surface area contributed by atoms with Gasteiger partial charge in [0, 0.05) is 0 Å². The Balaban J connectivity index is 2.31. The molecule has 2 nitrogen and oxygen atoms in total. The molecule has 0 radical (unpaired) electrons. The highest BCUT2D eigenvalue weighted by Gasteiger charge is 2.09. The largest absolute Gasteiger partial charge is 0.455 e. The highest BCUT2D eigenvalue weighted by atomic mass is 79.9. The summed E-state index contributed by atoms with van der Waals surface area (Å²) in [5.41, 5.74) is 1.91. The molecule has 19 heavy (non-hydrogen) atoms. The van der Waals surface area contributed by atoms with Crippen LogP contribution >= 0.6 is 27.5 Å². The average Bonchev–Trinajstić information content (AvgIpc) is 2.36. The lowest BCUT2D eigenvalue weighted by Crippen LogP contribution is -1.93. The molecule has 2 aromatic rings. The number of hydrogen-bond acceptors (Lipinski definition) is 2. The third kappa shape index (κ3) is 3.50. The summed E-state index contributed by atoms with van der Waals surface area (Å²) in [4.78, 5) is 0. The van der Waals surface area contributed by atoms with Crippen LogP contribution in [-0.4, -0.2) is 5.11 Å². The summed E-state index contributed by atoms with van der Waals surface area (Å²) < 4.78 is 6.58. The number of aliphatic hydroxyl groups excluding tert-OH is 1. The van der Waals surface area contributed by atoms with E-state index in [1.54, 1.807) is 6.92 Å². The maximum absolute atomic E-state index is 9.53. The third-order valence-corrected chi connectivity index (χ3v) is 3.68. The van der Waals surface area contributed by atoms with Crippen molar-refractivity contribution in [1.82, 2.24) is 0 Å². The van der Waals surface area contributed by atoms with Gasteiger partial charge in [0.05, 0.1) is 15.6 Å². The Hall–Kier alpha value is -1.03. The van der Waals surface area contributed by atoms with Crippen LogP contribution in [0.3, 0.4) is 0 Å². The van der Waals surface area contributed by atoms with Gasteiger partial charge in [-0.15, -0.1) is 0 Å². The fourth-order valence-electron chi connectivity index (χ4n) is 1.67. The van der Waals surface area contributed by atoms with E-state index < -0.39 is 6.10 Å². The first-order valence-electron chi connectivity index (χ1n) is 5.89. The van der Waals surface area contributed by atoms with Gasteiger partial charge in [0.25, 0.3) is 0 Å². The first-order chi connectivity index (χ1) is 8.97. The van der Waals surface area contributed by atoms with Crippen molar-refractivity contribution in [3.8, 4) is 11.5 Å². The van der Waals surface area contributed by atoms with Crippen LogP contribution in [0, 0.1) is 6.92 Å². The molecule has 1 N–H and O–H groups in total. The third-order valence-electron chi connectivity index (χ3n) is 2.74. The van der Waals surface area contributed by atoms with Crippen molar-refractivity contribution < 1.29 is 9.84 Å². The van der Waals surface area contributed by atoms with Crippen LogP contribution in [0.15, 0.2) is 40.9 Å². The molecule has 0 aliphatic rings. The molecule has 0 spiro atoms. The zero-order valence-corrected chi connectivity index (χ0v) is 13.0. The predicted molar refractivity (Wildman–Crippen MR) is 81.0 cm³/mol. The average molecular weight is 342 g/mol. The van der Waals surface area contributed by atoms with Crippen molar-refractivity contribution in [1.29, 1.82) is 0 Å². The molecule has 1 unspecified atom stereocenters. The van der Waals surface area contributed by atoms with Gasteiger partial charge in [-0.2, -0.15) is 0 Å². The first kappa shape index (κ1) is 14.4. The number of ether oxygens (including phenoxy) is 1. The highest BCUT2D eigenvalue weighted by Crippen LogP contribution is 2.35. The summed E-state index contributed by atoms with van der Waals surface area (Å²) >= 11 is 9.54. The second-order valence-electron chi connectivity index (χ2n) is 4.40. The minimum atomic E-state index is -0.507. The van der Waals surface area contributed by atoms with E-state index >= 15 is 0 Å². The van der Waals surface area contributed by atoms with Gasteiger partial charge in [-0.3, -0.25) is 0 Å². The Morgan fingerprint density at radius 1 is 1.16 bits per heavy atom. The lowest BCUT2D eigenvalue weighted by Gasteiger charge is -2.12. The number of rotatable bonds is 3. The number of hydrogen-bond donors (Lipinski definition) is 1. The molecule has 4 heteroatoms. The van der Waals surface area contributed by atoms with Crippen molar-refractivity contribution in [3.63, 3.8) is 0 Å². The Labute approximate surface area is 126 Å². The molecule has 0 aromatic heterocycles. The van der Waals surface area contributed by atoms with Crippen LogP contribution in [0.5, 0.6) is 11.5 Å². The molecule has 0 saturated carbocycles. The molecule has 0 heterocycles. The molecule has 0 fully saturated rings. The second kappa shape index (κ2) is 5.95. The van der Waals surface area contributed by atoms with E-state index in [-0.39, 0.29) is 0 Å². The number of benzene rings is 2. The van der Waals surface area contributed by atoms with Gasteiger partial charge in [0.1, 0.15) is 11.5 Å². The smallest absolute Gasteiger partial charge is 0.146 e. The lowest BCUT2D eigenvalue weighted by molar-refractivity contribution is 0.199. The van der Waals surface area contributed by atoms with Crippen LogP contribution in [-0.2, 0) is 0 Å². The Morgan fingerprint density at radius 3 is 2.53 bits per heavy atom. The van der Waals surface area contributed by atoms with Crippen molar-refractivity contribution in [2.45, 2.75) is 20.0 Å². The van der Waals surface area contributed by atoms with Crippen LogP contribution in [0.4, 0.5) is 0 Å². The zero-order valence-electron chi connectivity index (χ0n) is 10.7. The fraction of sp³-hybridized carbons (Fsp3) is 0.200. The van der Waals surface area contributed by atoms with Crippen molar-refractivity contribution in [2.24, 2.45) is 0 Å². The molecule has 0 saturated heterocycles. The van der Waals surface area contributed by atoms with Crippen LogP contribution in [0.25, 0.3) is 0 Å². The molecule has 0 aliphatic carbocycles. The maximum Gasteiger partial charge on any atom is 0.146 e. The van der Waals surface area contributed by atoms with E-state index in [1.807, 2.05) is 43.3 Å². The SMILES string of the molecule is Cc1ccc(Cl)c(Oc2ccc(C(C)O)cc2Br)c1. The summed E-state index contributed by atoms with van der Waals surface area (Å²) in [5, 5.41) is 10.1. The van der Waals surface area contributed by atoms with Crippen molar-refractivity contribution >= 4 is 27.5 Å². The van der Waals surface area contributed by atoms with Crippen LogP contribution in [0.2, 0.25) is 5.02 Å². The molecular weight excluding hydrogens is 328 g/mol. The lowest BCUT2D eigenvalue weighted by atomic mass is 10.1. The standard InChI is InChI=1S/C15H14BrClO2/c1-9-3-5-13(17)15(7-9)19-14-6-4-11(10(2)18)8-12(14)16/h3-8,10,18H,1-2H3. The summed E-state index contributed by atoms with van der Waals surface area (Å²) in [6, 6.07) is 11.1. The van der Waals surface area contributed by atoms with E-state index in [4.69, 9.17) is 16.3 Å². The number of halogens is 2. The van der Waals surface area contributed by atoms with Gasteiger partial charge >= 0.3 is 0 Å². The summed E-state index contributed by atoms with van der Waals surface area (Å²) in [7, 11) is 0. The molecule has 1 atom stereocenters.